The Hall–Kier alpha value is -1.98. The second kappa shape index (κ2) is 6.20. The van der Waals surface area contributed by atoms with Crippen LogP contribution in [0, 0.1) is 0 Å². The molecule has 0 spiro atoms. The molecule has 1 unspecified atom stereocenters. The fourth-order valence-corrected chi connectivity index (χ4v) is 2.55. The fraction of sp³-hybridized carbons (Fsp3) is 0.250. The minimum absolute atomic E-state index is 0.289. The SMILES string of the molecule is OB(O)c1cccc(OCC2CCOc3ccccc32)c1. The van der Waals surface area contributed by atoms with Gasteiger partial charge in [0.2, 0.25) is 0 Å². The Morgan fingerprint density at radius 1 is 1.14 bits per heavy atom. The number of para-hydroxylation sites is 1. The third-order valence-corrected chi connectivity index (χ3v) is 3.69. The topological polar surface area (TPSA) is 58.9 Å². The van der Waals surface area contributed by atoms with Gasteiger partial charge in [0.25, 0.3) is 0 Å². The lowest BCUT2D eigenvalue weighted by molar-refractivity contribution is 0.217. The molecule has 5 heteroatoms. The lowest BCUT2D eigenvalue weighted by Gasteiger charge is -2.25. The molecule has 2 aromatic carbocycles. The summed E-state index contributed by atoms with van der Waals surface area (Å²) in [7, 11) is -1.47. The maximum absolute atomic E-state index is 9.18. The first-order chi connectivity index (χ1) is 10.2. The zero-order chi connectivity index (χ0) is 14.7. The van der Waals surface area contributed by atoms with Crippen molar-refractivity contribution in [3.63, 3.8) is 0 Å². The van der Waals surface area contributed by atoms with Gasteiger partial charge in [-0.15, -0.1) is 0 Å². The predicted molar refractivity (Wildman–Crippen MR) is 81.1 cm³/mol. The molecule has 2 aromatic rings. The van der Waals surface area contributed by atoms with Gasteiger partial charge in [0.05, 0.1) is 13.2 Å². The summed E-state index contributed by atoms with van der Waals surface area (Å²) in [5.74, 6) is 1.86. The highest BCUT2D eigenvalue weighted by molar-refractivity contribution is 6.58. The van der Waals surface area contributed by atoms with Crippen LogP contribution in [0.5, 0.6) is 11.5 Å². The summed E-state index contributed by atoms with van der Waals surface area (Å²) in [4.78, 5) is 0. The van der Waals surface area contributed by atoms with Crippen molar-refractivity contribution in [1.82, 2.24) is 0 Å². The van der Waals surface area contributed by atoms with E-state index in [9.17, 15) is 10.0 Å². The number of hydrogen-bond acceptors (Lipinski definition) is 4. The van der Waals surface area contributed by atoms with E-state index < -0.39 is 7.12 Å². The summed E-state index contributed by atoms with van der Waals surface area (Å²) in [6.07, 6.45) is 0.916. The molecule has 1 heterocycles. The summed E-state index contributed by atoms with van der Waals surface area (Å²) >= 11 is 0. The molecule has 0 bridgehead atoms. The van der Waals surface area contributed by atoms with E-state index in [-0.39, 0.29) is 5.92 Å². The van der Waals surface area contributed by atoms with Gasteiger partial charge < -0.3 is 19.5 Å². The van der Waals surface area contributed by atoms with Gasteiger partial charge in [-0.3, -0.25) is 0 Å². The molecule has 108 valence electrons. The Labute approximate surface area is 124 Å². The number of ether oxygens (including phenoxy) is 2. The molecule has 4 nitrogen and oxygen atoms in total. The average molecular weight is 284 g/mol. The molecule has 0 aliphatic carbocycles. The number of hydrogen-bond donors (Lipinski definition) is 2. The second-order valence-electron chi connectivity index (χ2n) is 5.13. The van der Waals surface area contributed by atoms with Crippen LogP contribution in [0.25, 0.3) is 0 Å². The van der Waals surface area contributed by atoms with Crippen LogP contribution in [0.1, 0.15) is 17.9 Å². The molecule has 0 radical (unpaired) electrons. The predicted octanol–water partition coefficient (Wildman–Crippen LogP) is 1.31. The van der Waals surface area contributed by atoms with Crippen molar-refractivity contribution in [1.29, 1.82) is 0 Å². The largest absolute Gasteiger partial charge is 0.493 e. The van der Waals surface area contributed by atoms with Gasteiger partial charge in [-0.1, -0.05) is 30.3 Å². The Balaban J connectivity index is 1.70. The van der Waals surface area contributed by atoms with E-state index in [1.54, 1.807) is 18.2 Å². The van der Waals surface area contributed by atoms with E-state index in [4.69, 9.17) is 9.47 Å². The van der Waals surface area contributed by atoms with Crippen molar-refractivity contribution in [2.75, 3.05) is 13.2 Å². The summed E-state index contributed by atoms with van der Waals surface area (Å²) < 4.78 is 11.5. The van der Waals surface area contributed by atoms with E-state index in [1.807, 2.05) is 24.3 Å². The van der Waals surface area contributed by atoms with Crippen LogP contribution in [0.4, 0.5) is 0 Å². The van der Waals surface area contributed by atoms with Crippen molar-refractivity contribution in [3.8, 4) is 11.5 Å². The molecular weight excluding hydrogens is 267 g/mol. The summed E-state index contributed by atoms with van der Waals surface area (Å²) in [5.41, 5.74) is 1.60. The van der Waals surface area contributed by atoms with E-state index in [0.717, 1.165) is 12.2 Å². The van der Waals surface area contributed by atoms with Gasteiger partial charge in [-0.05, 0) is 30.1 Å². The maximum atomic E-state index is 9.18. The molecule has 0 saturated heterocycles. The zero-order valence-corrected chi connectivity index (χ0v) is 11.6. The molecular formula is C16H17BO4. The van der Waals surface area contributed by atoms with Crippen LogP contribution in [0.3, 0.4) is 0 Å². The minimum atomic E-state index is -1.47. The van der Waals surface area contributed by atoms with Crippen LogP contribution >= 0.6 is 0 Å². The van der Waals surface area contributed by atoms with Gasteiger partial charge in [0, 0.05) is 11.5 Å². The smallest absolute Gasteiger partial charge is 0.488 e. The normalized spacial score (nSPS) is 16.8. The van der Waals surface area contributed by atoms with Crippen LogP contribution in [0.2, 0.25) is 0 Å². The first-order valence-corrected chi connectivity index (χ1v) is 7.04. The molecule has 21 heavy (non-hydrogen) atoms. The Kier molecular flexibility index (Phi) is 4.13. The summed E-state index contributed by atoms with van der Waals surface area (Å²) in [6.45, 7) is 1.24. The van der Waals surface area contributed by atoms with Gasteiger partial charge in [-0.2, -0.15) is 0 Å². The Bertz CT molecular complexity index is 615. The molecule has 0 amide bonds. The number of fused-ring (bicyclic) bond motifs is 1. The minimum Gasteiger partial charge on any atom is -0.493 e. The second-order valence-corrected chi connectivity index (χ2v) is 5.13. The molecule has 0 aromatic heterocycles. The van der Waals surface area contributed by atoms with Crippen LogP contribution in [-0.4, -0.2) is 30.4 Å². The molecule has 2 N–H and O–H groups in total. The standard InChI is InChI=1S/C16H17BO4/c18-17(19)13-4-3-5-14(10-13)21-11-12-8-9-20-16-7-2-1-6-15(12)16/h1-7,10,12,18-19H,8-9,11H2. The van der Waals surface area contributed by atoms with Crippen molar-refractivity contribution in [2.24, 2.45) is 0 Å². The summed E-state index contributed by atoms with van der Waals surface area (Å²) in [5, 5.41) is 18.4. The Morgan fingerprint density at radius 3 is 2.86 bits per heavy atom. The molecule has 1 aliphatic heterocycles. The van der Waals surface area contributed by atoms with Gasteiger partial charge in [0.15, 0.2) is 0 Å². The zero-order valence-electron chi connectivity index (χ0n) is 11.6. The molecule has 0 saturated carbocycles. The lowest BCUT2D eigenvalue weighted by Crippen LogP contribution is -2.29. The first kappa shape index (κ1) is 14.0. The Morgan fingerprint density at radius 2 is 2.00 bits per heavy atom. The van der Waals surface area contributed by atoms with Crippen LogP contribution in [0.15, 0.2) is 48.5 Å². The number of benzene rings is 2. The quantitative estimate of drug-likeness (QED) is 0.831. The highest BCUT2D eigenvalue weighted by atomic mass is 16.5. The van der Waals surface area contributed by atoms with E-state index in [2.05, 4.69) is 6.07 Å². The molecule has 1 aliphatic rings. The van der Waals surface area contributed by atoms with Crippen molar-refractivity contribution < 1.29 is 19.5 Å². The molecule has 1 atom stereocenters. The monoisotopic (exact) mass is 284 g/mol. The fourth-order valence-electron chi connectivity index (χ4n) is 2.55. The highest BCUT2D eigenvalue weighted by Crippen LogP contribution is 2.33. The van der Waals surface area contributed by atoms with Crippen molar-refractivity contribution in [3.05, 3.63) is 54.1 Å². The third-order valence-electron chi connectivity index (χ3n) is 3.69. The van der Waals surface area contributed by atoms with Crippen LogP contribution in [-0.2, 0) is 0 Å². The number of rotatable bonds is 4. The lowest BCUT2D eigenvalue weighted by atomic mass is 9.80. The molecule has 3 rings (SSSR count). The van der Waals surface area contributed by atoms with Crippen LogP contribution < -0.4 is 14.9 Å². The van der Waals surface area contributed by atoms with Crippen molar-refractivity contribution in [2.45, 2.75) is 12.3 Å². The molecule has 0 fully saturated rings. The highest BCUT2D eigenvalue weighted by Gasteiger charge is 2.21. The summed E-state index contributed by atoms with van der Waals surface area (Å²) in [6, 6.07) is 14.9. The first-order valence-electron chi connectivity index (χ1n) is 7.04. The van der Waals surface area contributed by atoms with Crippen molar-refractivity contribution >= 4 is 12.6 Å². The van der Waals surface area contributed by atoms with E-state index in [0.29, 0.717) is 24.4 Å². The van der Waals surface area contributed by atoms with Gasteiger partial charge in [0.1, 0.15) is 11.5 Å². The third kappa shape index (κ3) is 3.20. The average Bonchev–Trinajstić information content (AvgIpc) is 2.53. The van der Waals surface area contributed by atoms with E-state index >= 15 is 0 Å². The van der Waals surface area contributed by atoms with Gasteiger partial charge >= 0.3 is 7.12 Å². The van der Waals surface area contributed by atoms with Gasteiger partial charge in [-0.25, -0.2) is 0 Å². The maximum Gasteiger partial charge on any atom is 0.488 e. The van der Waals surface area contributed by atoms with E-state index in [1.165, 1.54) is 5.56 Å².